The van der Waals surface area contributed by atoms with Crippen LogP contribution >= 0.6 is 0 Å². The lowest BCUT2D eigenvalue weighted by Crippen LogP contribution is -2.44. The number of benzene rings is 1. The summed E-state index contributed by atoms with van der Waals surface area (Å²) >= 11 is 0. The Morgan fingerprint density at radius 2 is 2.12 bits per heavy atom. The highest BCUT2D eigenvalue weighted by atomic mass is 16.6. The van der Waals surface area contributed by atoms with Crippen LogP contribution in [0.3, 0.4) is 0 Å². The summed E-state index contributed by atoms with van der Waals surface area (Å²) in [5.41, 5.74) is 3.14. The Kier molecular flexibility index (Phi) is 3.95. The molecule has 2 amide bonds. The summed E-state index contributed by atoms with van der Waals surface area (Å²) < 4.78 is 5.57. The molecule has 3 heterocycles. The van der Waals surface area contributed by atoms with E-state index >= 15 is 0 Å². The molecule has 0 radical (unpaired) electrons. The average Bonchev–Trinajstić information content (AvgIpc) is 3.08. The van der Waals surface area contributed by atoms with Crippen LogP contribution in [0.1, 0.15) is 24.0 Å². The quantitative estimate of drug-likeness (QED) is 0.822. The van der Waals surface area contributed by atoms with Gasteiger partial charge in [0, 0.05) is 38.8 Å². The number of hydrogen-bond donors (Lipinski definition) is 0. The van der Waals surface area contributed by atoms with Crippen LogP contribution in [0.15, 0.2) is 18.2 Å². The van der Waals surface area contributed by atoms with Crippen LogP contribution in [-0.4, -0.2) is 67.2 Å². The molecular weight excluding hydrogens is 318 g/mol. The molecule has 6 heteroatoms. The number of aryl methyl sites for hydroxylation is 2. The lowest BCUT2D eigenvalue weighted by Gasteiger charge is -2.31. The normalized spacial score (nSPS) is 26.2. The van der Waals surface area contributed by atoms with Gasteiger partial charge in [0.25, 0.3) is 0 Å². The number of carbonyl (C=O) groups is 2. The van der Waals surface area contributed by atoms with Crippen molar-refractivity contribution < 1.29 is 14.3 Å². The zero-order valence-corrected chi connectivity index (χ0v) is 15.0. The van der Waals surface area contributed by atoms with E-state index in [9.17, 15) is 9.59 Å². The van der Waals surface area contributed by atoms with Crippen LogP contribution in [0.5, 0.6) is 0 Å². The molecule has 0 aliphatic carbocycles. The van der Waals surface area contributed by atoms with Crippen LogP contribution < -0.4 is 4.90 Å². The highest BCUT2D eigenvalue weighted by Gasteiger charge is 2.48. The molecule has 3 aliphatic heterocycles. The van der Waals surface area contributed by atoms with Crippen molar-refractivity contribution in [3.05, 3.63) is 29.3 Å². The van der Waals surface area contributed by atoms with Crippen LogP contribution in [0.4, 0.5) is 10.5 Å². The first-order valence-electron chi connectivity index (χ1n) is 9.02. The molecule has 25 heavy (non-hydrogen) atoms. The van der Waals surface area contributed by atoms with Crippen molar-refractivity contribution in [2.75, 3.05) is 44.7 Å². The van der Waals surface area contributed by atoms with Gasteiger partial charge in [0.05, 0.1) is 13.1 Å². The number of likely N-dealkylation sites (N-methyl/N-ethyl adjacent to an activating group) is 1. The maximum Gasteiger partial charge on any atom is 0.410 e. The van der Waals surface area contributed by atoms with Crippen LogP contribution in [0.25, 0.3) is 0 Å². The first-order chi connectivity index (χ1) is 12.0. The smallest absolute Gasteiger partial charge is 0.410 e. The number of likely N-dealkylation sites (tertiary alicyclic amines) is 1. The van der Waals surface area contributed by atoms with E-state index in [1.54, 1.807) is 11.9 Å². The van der Waals surface area contributed by atoms with Gasteiger partial charge in [-0.05, 0) is 31.4 Å². The molecule has 3 aliphatic rings. The summed E-state index contributed by atoms with van der Waals surface area (Å²) in [5.74, 6) is 0.138. The molecule has 1 spiro atoms. The van der Waals surface area contributed by atoms with E-state index in [1.165, 1.54) is 11.1 Å². The second-order valence-electron chi connectivity index (χ2n) is 7.65. The van der Waals surface area contributed by atoms with Crippen molar-refractivity contribution in [2.45, 2.75) is 31.8 Å². The van der Waals surface area contributed by atoms with E-state index in [0.717, 1.165) is 38.0 Å². The zero-order chi connectivity index (χ0) is 17.6. The summed E-state index contributed by atoms with van der Waals surface area (Å²) in [4.78, 5) is 30.3. The third kappa shape index (κ3) is 2.99. The maximum absolute atomic E-state index is 12.9. The lowest BCUT2D eigenvalue weighted by atomic mass is 9.99. The Balaban J connectivity index is 1.43. The molecule has 134 valence electrons. The molecule has 0 N–H and O–H groups in total. The minimum Gasteiger partial charge on any atom is -0.439 e. The van der Waals surface area contributed by atoms with Gasteiger partial charge in [-0.2, -0.15) is 0 Å². The highest BCUT2D eigenvalue weighted by Crippen LogP contribution is 2.32. The Labute approximate surface area is 148 Å². The number of anilines is 1. The Morgan fingerprint density at radius 3 is 2.88 bits per heavy atom. The SMILES string of the molecule is Cc1ccc2c(c1)CCCN2C(=O)CN1CC[C@@]2(C1)CN(C)C(=O)O2. The van der Waals surface area contributed by atoms with Gasteiger partial charge in [-0.15, -0.1) is 0 Å². The second kappa shape index (κ2) is 6.02. The number of ether oxygens (including phenoxy) is 1. The molecule has 2 saturated heterocycles. The number of rotatable bonds is 2. The fourth-order valence-corrected chi connectivity index (χ4v) is 4.33. The van der Waals surface area contributed by atoms with Gasteiger partial charge in [0.1, 0.15) is 5.60 Å². The Bertz CT molecular complexity index is 720. The van der Waals surface area contributed by atoms with Crippen molar-refractivity contribution in [3.63, 3.8) is 0 Å². The first kappa shape index (κ1) is 16.4. The van der Waals surface area contributed by atoms with E-state index in [-0.39, 0.29) is 12.0 Å². The molecule has 4 rings (SSSR count). The summed E-state index contributed by atoms with van der Waals surface area (Å²) in [6, 6.07) is 6.33. The molecule has 1 atom stereocenters. The molecule has 0 aromatic heterocycles. The van der Waals surface area contributed by atoms with E-state index in [1.807, 2.05) is 4.90 Å². The molecule has 1 aromatic carbocycles. The standard InChI is InChI=1S/C19H25N3O3/c1-14-5-6-16-15(10-14)4-3-8-22(16)17(23)11-21-9-7-19(13-21)12-20(2)18(24)25-19/h5-6,10H,3-4,7-9,11-13H2,1-2H3/t19-/m0/s1. The summed E-state index contributed by atoms with van der Waals surface area (Å²) in [7, 11) is 1.76. The van der Waals surface area contributed by atoms with Gasteiger partial charge in [-0.3, -0.25) is 9.69 Å². The number of nitrogens with zero attached hydrogens (tertiary/aromatic N) is 3. The summed E-state index contributed by atoms with van der Waals surface area (Å²) in [6.45, 7) is 5.31. The van der Waals surface area contributed by atoms with Gasteiger partial charge >= 0.3 is 6.09 Å². The molecule has 1 aromatic rings. The second-order valence-corrected chi connectivity index (χ2v) is 7.65. The first-order valence-corrected chi connectivity index (χ1v) is 9.02. The largest absolute Gasteiger partial charge is 0.439 e. The van der Waals surface area contributed by atoms with E-state index in [0.29, 0.717) is 19.6 Å². The third-order valence-electron chi connectivity index (χ3n) is 5.55. The topological polar surface area (TPSA) is 53.1 Å². The van der Waals surface area contributed by atoms with Gasteiger partial charge in [0.15, 0.2) is 0 Å². The monoisotopic (exact) mass is 343 g/mol. The van der Waals surface area contributed by atoms with Crippen LogP contribution in [0, 0.1) is 6.92 Å². The molecular formula is C19H25N3O3. The van der Waals surface area contributed by atoms with Gasteiger partial charge in [-0.1, -0.05) is 17.7 Å². The fraction of sp³-hybridized carbons (Fsp3) is 0.579. The van der Waals surface area contributed by atoms with Crippen LogP contribution in [-0.2, 0) is 16.0 Å². The van der Waals surface area contributed by atoms with E-state index < -0.39 is 5.60 Å². The third-order valence-corrected chi connectivity index (χ3v) is 5.55. The van der Waals surface area contributed by atoms with Crippen molar-refractivity contribution >= 4 is 17.7 Å². The molecule has 0 bridgehead atoms. The van der Waals surface area contributed by atoms with Crippen molar-refractivity contribution in [2.24, 2.45) is 0 Å². The van der Waals surface area contributed by atoms with Gasteiger partial charge in [-0.25, -0.2) is 4.79 Å². The predicted molar refractivity (Wildman–Crippen MR) is 94.8 cm³/mol. The lowest BCUT2D eigenvalue weighted by molar-refractivity contribution is -0.119. The zero-order valence-electron chi connectivity index (χ0n) is 15.0. The van der Waals surface area contributed by atoms with Gasteiger partial charge < -0.3 is 14.5 Å². The Morgan fingerprint density at radius 1 is 1.28 bits per heavy atom. The minimum absolute atomic E-state index is 0.138. The fourth-order valence-electron chi connectivity index (χ4n) is 4.33. The van der Waals surface area contributed by atoms with Gasteiger partial charge in [0.2, 0.25) is 5.91 Å². The molecule has 0 saturated carbocycles. The average molecular weight is 343 g/mol. The minimum atomic E-state index is -0.428. The molecule has 2 fully saturated rings. The van der Waals surface area contributed by atoms with Crippen molar-refractivity contribution in [3.8, 4) is 0 Å². The highest BCUT2D eigenvalue weighted by molar-refractivity contribution is 5.96. The summed E-state index contributed by atoms with van der Waals surface area (Å²) in [6.07, 6.45) is 2.59. The number of carbonyl (C=O) groups excluding carboxylic acids is 2. The van der Waals surface area contributed by atoms with Crippen LogP contribution in [0.2, 0.25) is 0 Å². The number of fused-ring (bicyclic) bond motifs is 1. The summed E-state index contributed by atoms with van der Waals surface area (Å²) in [5, 5.41) is 0. The number of amides is 2. The van der Waals surface area contributed by atoms with E-state index in [4.69, 9.17) is 4.74 Å². The van der Waals surface area contributed by atoms with Crippen molar-refractivity contribution in [1.82, 2.24) is 9.80 Å². The molecule has 6 nitrogen and oxygen atoms in total. The Hall–Kier alpha value is -2.08. The molecule has 0 unspecified atom stereocenters. The van der Waals surface area contributed by atoms with E-state index in [2.05, 4.69) is 30.0 Å². The number of hydrogen-bond acceptors (Lipinski definition) is 4. The van der Waals surface area contributed by atoms with Crippen molar-refractivity contribution in [1.29, 1.82) is 0 Å². The maximum atomic E-state index is 12.9. The predicted octanol–water partition coefficient (Wildman–Crippen LogP) is 1.80.